The van der Waals surface area contributed by atoms with Crippen molar-refractivity contribution in [2.24, 2.45) is 0 Å². The Morgan fingerprint density at radius 2 is 2.08 bits per heavy atom. The van der Waals surface area contributed by atoms with Crippen LogP contribution < -0.4 is 5.32 Å². The zero-order valence-corrected chi connectivity index (χ0v) is 13.7. The molecule has 8 heteroatoms. The van der Waals surface area contributed by atoms with Gasteiger partial charge in [0.1, 0.15) is 11.3 Å². The Labute approximate surface area is 145 Å². The molecule has 24 heavy (non-hydrogen) atoms. The number of hydrogen-bond donors (Lipinski definition) is 2. The van der Waals surface area contributed by atoms with Crippen LogP contribution in [0.25, 0.3) is 20.8 Å². The Morgan fingerprint density at radius 3 is 2.88 bits per heavy atom. The number of fused-ring (bicyclic) bond motifs is 1. The number of nitrogens with one attached hydrogen (secondary N) is 2. The van der Waals surface area contributed by atoms with E-state index >= 15 is 0 Å². The second kappa shape index (κ2) is 6.03. The van der Waals surface area contributed by atoms with E-state index in [-0.39, 0.29) is 5.82 Å². The zero-order valence-electron chi connectivity index (χ0n) is 12.2. The van der Waals surface area contributed by atoms with Crippen molar-refractivity contribution in [2.45, 2.75) is 0 Å². The molecule has 0 fully saturated rings. The van der Waals surface area contributed by atoms with Gasteiger partial charge in [-0.05, 0) is 24.3 Å². The van der Waals surface area contributed by atoms with Crippen LogP contribution in [-0.2, 0) is 0 Å². The molecular weight excluding hydrogens is 346 g/mol. The molecule has 2 aromatic heterocycles. The summed E-state index contributed by atoms with van der Waals surface area (Å²) in [5, 5.41) is 10.2. The SMILES string of the molecule is O=C(Nc1cc(-c2nc3ccccc3s2)ccc1Cl)c1ncn[nH]1. The molecule has 0 saturated heterocycles. The van der Waals surface area contributed by atoms with Crippen molar-refractivity contribution in [2.75, 3.05) is 5.32 Å². The van der Waals surface area contributed by atoms with E-state index in [2.05, 4.69) is 25.5 Å². The van der Waals surface area contributed by atoms with Crippen LogP contribution in [0.3, 0.4) is 0 Å². The Hall–Kier alpha value is -2.77. The van der Waals surface area contributed by atoms with Gasteiger partial charge in [0.05, 0.1) is 20.9 Å². The lowest BCUT2D eigenvalue weighted by Gasteiger charge is -2.07. The first-order valence-corrected chi connectivity index (χ1v) is 8.22. The summed E-state index contributed by atoms with van der Waals surface area (Å²) in [6.45, 7) is 0. The number of benzene rings is 2. The molecule has 2 heterocycles. The van der Waals surface area contributed by atoms with E-state index in [4.69, 9.17) is 11.6 Å². The zero-order chi connectivity index (χ0) is 16.5. The number of amides is 1. The van der Waals surface area contributed by atoms with Crippen molar-refractivity contribution in [1.29, 1.82) is 0 Å². The number of aromatic amines is 1. The molecule has 0 aliphatic heterocycles. The third-order valence-electron chi connectivity index (χ3n) is 3.39. The van der Waals surface area contributed by atoms with Crippen LogP contribution in [0, 0.1) is 0 Å². The minimum absolute atomic E-state index is 0.122. The highest BCUT2D eigenvalue weighted by Crippen LogP contribution is 2.33. The molecule has 0 atom stereocenters. The van der Waals surface area contributed by atoms with Crippen molar-refractivity contribution in [1.82, 2.24) is 20.2 Å². The highest BCUT2D eigenvalue weighted by molar-refractivity contribution is 7.21. The monoisotopic (exact) mass is 355 g/mol. The van der Waals surface area contributed by atoms with Gasteiger partial charge in [0.15, 0.2) is 0 Å². The van der Waals surface area contributed by atoms with Gasteiger partial charge >= 0.3 is 0 Å². The number of aromatic nitrogens is 4. The molecule has 0 aliphatic rings. The van der Waals surface area contributed by atoms with Gasteiger partial charge < -0.3 is 5.32 Å². The van der Waals surface area contributed by atoms with E-state index in [9.17, 15) is 4.79 Å². The molecule has 0 spiro atoms. The summed E-state index contributed by atoms with van der Waals surface area (Å²) in [5.41, 5.74) is 2.32. The van der Waals surface area contributed by atoms with Crippen LogP contribution in [0.15, 0.2) is 48.8 Å². The number of anilines is 1. The molecule has 0 saturated carbocycles. The topological polar surface area (TPSA) is 83.6 Å². The Bertz CT molecular complexity index is 995. The fraction of sp³-hybridized carbons (Fsp3) is 0. The van der Waals surface area contributed by atoms with Gasteiger partial charge in [0.25, 0.3) is 5.91 Å². The van der Waals surface area contributed by atoms with Crippen molar-refractivity contribution in [3.63, 3.8) is 0 Å². The third kappa shape index (κ3) is 2.75. The van der Waals surface area contributed by atoms with Gasteiger partial charge in [0, 0.05) is 5.56 Å². The molecule has 0 bridgehead atoms. The second-order valence-electron chi connectivity index (χ2n) is 4.97. The average Bonchev–Trinajstić information content (AvgIpc) is 3.26. The summed E-state index contributed by atoms with van der Waals surface area (Å²) in [7, 11) is 0. The van der Waals surface area contributed by atoms with Crippen molar-refractivity contribution in [3.8, 4) is 10.6 Å². The average molecular weight is 356 g/mol. The Kier molecular flexibility index (Phi) is 3.72. The third-order valence-corrected chi connectivity index (χ3v) is 4.80. The summed E-state index contributed by atoms with van der Waals surface area (Å²) in [4.78, 5) is 20.5. The standard InChI is InChI=1S/C16H10ClN5OS/c17-10-6-5-9(16-21-11-3-1-2-4-13(11)24-16)7-12(10)20-15(23)14-18-8-19-22-14/h1-8H,(H,20,23)(H,18,19,22). The first kappa shape index (κ1) is 14.8. The fourth-order valence-corrected chi connectivity index (χ4v) is 3.37. The molecule has 6 nitrogen and oxygen atoms in total. The summed E-state index contributed by atoms with van der Waals surface area (Å²) in [5.74, 6) is -0.285. The lowest BCUT2D eigenvalue weighted by atomic mass is 10.2. The van der Waals surface area contributed by atoms with E-state index in [1.165, 1.54) is 6.33 Å². The van der Waals surface area contributed by atoms with E-state index in [1.54, 1.807) is 23.5 Å². The molecule has 4 aromatic rings. The molecule has 0 radical (unpaired) electrons. The van der Waals surface area contributed by atoms with Gasteiger partial charge in [-0.2, -0.15) is 5.10 Å². The maximum atomic E-state index is 12.1. The first-order chi connectivity index (χ1) is 11.7. The summed E-state index contributed by atoms with van der Waals surface area (Å²) < 4.78 is 1.11. The minimum atomic E-state index is -0.407. The number of H-pyrrole nitrogens is 1. The molecular formula is C16H10ClN5OS. The van der Waals surface area contributed by atoms with E-state index in [0.717, 1.165) is 20.8 Å². The predicted octanol–water partition coefficient (Wildman–Crippen LogP) is 3.99. The van der Waals surface area contributed by atoms with E-state index < -0.39 is 5.91 Å². The number of carbonyl (C=O) groups is 1. The minimum Gasteiger partial charge on any atom is -0.318 e. The summed E-state index contributed by atoms with van der Waals surface area (Å²) in [6.07, 6.45) is 1.27. The number of thiazole rings is 1. The van der Waals surface area contributed by atoms with Crippen molar-refractivity contribution >= 4 is 44.7 Å². The van der Waals surface area contributed by atoms with Gasteiger partial charge in [-0.1, -0.05) is 29.8 Å². The normalized spacial score (nSPS) is 10.9. The molecule has 1 amide bonds. The lowest BCUT2D eigenvalue weighted by molar-refractivity contribution is 0.101. The second-order valence-corrected chi connectivity index (χ2v) is 6.41. The summed E-state index contributed by atoms with van der Waals surface area (Å²) in [6, 6.07) is 13.3. The van der Waals surface area contributed by atoms with Crippen LogP contribution in [0.4, 0.5) is 5.69 Å². The fourth-order valence-electron chi connectivity index (χ4n) is 2.25. The largest absolute Gasteiger partial charge is 0.318 e. The van der Waals surface area contributed by atoms with Crippen molar-refractivity contribution in [3.05, 3.63) is 59.6 Å². The smallest absolute Gasteiger partial charge is 0.293 e. The van der Waals surface area contributed by atoms with Gasteiger partial charge in [-0.3, -0.25) is 9.89 Å². The maximum Gasteiger partial charge on any atom is 0.293 e. The highest BCUT2D eigenvalue weighted by atomic mass is 35.5. The maximum absolute atomic E-state index is 12.1. The molecule has 0 unspecified atom stereocenters. The molecule has 2 N–H and O–H groups in total. The van der Waals surface area contributed by atoms with Crippen LogP contribution in [0.1, 0.15) is 10.6 Å². The van der Waals surface area contributed by atoms with Gasteiger partial charge in [-0.15, -0.1) is 11.3 Å². The van der Waals surface area contributed by atoms with Crippen LogP contribution in [0.5, 0.6) is 0 Å². The quantitative estimate of drug-likeness (QED) is 0.582. The van der Waals surface area contributed by atoms with Crippen LogP contribution in [-0.4, -0.2) is 26.1 Å². The summed E-state index contributed by atoms with van der Waals surface area (Å²) >= 11 is 7.78. The van der Waals surface area contributed by atoms with E-state index in [1.807, 2.05) is 30.3 Å². The number of para-hydroxylation sites is 1. The molecule has 4 rings (SSSR count). The first-order valence-electron chi connectivity index (χ1n) is 7.03. The number of carbonyl (C=O) groups excluding carboxylic acids is 1. The number of halogens is 1. The van der Waals surface area contributed by atoms with Crippen LogP contribution >= 0.6 is 22.9 Å². The van der Waals surface area contributed by atoms with Crippen LogP contribution in [0.2, 0.25) is 5.02 Å². The Morgan fingerprint density at radius 1 is 1.21 bits per heavy atom. The number of rotatable bonds is 3. The lowest BCUT2D eigenvalue weighted by Crippen LogP contribution is -2.14. The van der Waals surface area contributed by atoms with E-state index in [0.29, 0.717) is 10.7 Å². The molecule has 0 aliphatic carbocycles. The molecule has 118 valence electrons. The molecule has 2 aromatic carbocycles. The van der Waals surface area contributed by atoms with Gasteiger partial charge in [0.2, 0.25) is 5.82 Å². The van der Waals surface area contributed by atoms with Crippen molar-refractivity contribution < 1.29 is 4.79 Å². The van der Waals surface area contributed by atoms with Gasteiger partial charge in [-0.25, -0.2) is 9.97 Å². The predicted molar refractivity (Wildman–Crippen MR) is 94.4 cm³/mol. The highest BCUT2D eigenvalue weighted by Gasteiger charge is 2.13. The Balaban J connectivity index is 1.69. The number of hydrogen-bond acceptors (Lipinski definition) is 5. The number of nitrogens with zero attached hydrogens (tertiary/aromatic N) is 3.